The van der Waals surface area contributed by atoms with Gasteiger partial charge in [-0.25, -0.2) is 14.0 Å². The fraction of sp³-hybridized carbons (Fsp3) is 0.481. The first-order valence-corrected chi connectivity index (χ1v) is 13.4. The molecule has 219 valence electrons. The van der Waals surface area contributed by atoms with Crippen LogP contribution < -0.4 is 4.99 Å². The van der Waals surface area contributed by atoms with Crippen molar-refractivity contribution in [2.24, 2.45) is 5.41 Å². The van der Waals surface area contributed by atoms with Crippen molar-refractivity contribution in [1.29, 1.82) is 0 Å². The van der Waals surface area contributed by atoms with Crippen molar-refractivity contribution in [3.63, 3.8) is 0 Å². The number of allylic oxidation sites excluding steroid dienone is 2. The lowest BCUT2D eigenvalue weighted by molar-refractivity contribution is -0.992. The van der Waals surface area contributed by atoms with Gasteiger partial charge >= 0.3 is 24.0 Å². The Balaban J connectivity index is 1.44. The predicted molar refractivity (Wildman–Crippen MR) is 139 cm³/mol. The number of hydroxylamine groups is 3. The SMILES string of the molecule is CN1C(=O)[N+](CC(C)(C)C)(OC(=O)C(F)(F)F)C2=CC=C(N3CC4CCC3CN4C(=O)c3cc(Cl)ccc3F)[N+]=C21. The summed E-state index contributed by atoms with van der Waals surface area (Å²) in [6.07, 6.45) is -0.847. The molecular formula is C27H29ClF4N5O4+2. The molecule has 5 aliphatic rings. The van der Waals surface area contributed by atoms with Gasteiger partial charge in [-0.15, -0.1) is 0 Å². The Labute approximate surface area is 238 Å². The maximum atomic E-state index is 14.4. The third-order valence-electron chi connectivity index (χ3n) is 7.55. The van der Waals surface area contributed by atoms with Gasteiger partial charge in [-0.1, -0.05) is 37.4 Å². The van der Waals surface area contributed by atoms with Crippen molar-refractivity contribution in [1.82, 2.24) is 19.7 Å². The molecular weight excluding hydrogens is 570 g/mol. The second kappa shape index (κ2) is 9.83. The zero-order valence-corrected chi connectivity index (χ0v) is 23.6. The van der Waals surface area contributed by atoms with Crippen LogP contribution in [0.15, 0.2) is 41.9 Å². The van der Waals surface area contributed by atoms with Crippen molar-refractivity contribution < 1.29 is 41.4 Å². The van der Waals surface area contributed by atoms with Crippen molar-refractivity contribution in [3.8, 4) is 0 Å². The highest BCUT2D eigenvalue weighted by Crippen LogP contribution is 2.39. The van der Waals surface area contributed by atoms with E-state index in [-0.39, 0.29) is 40.7 Å². The zero-order chi connectivity index (χ0) is 30.1. The number of nitrogens with zero attached hydrogens (tertiary/aromatic N) is 5. The number of rotatable bonds is 4. The molecule has 5 aliphatic heterocycles. The molecule has 3 amide bonds. The number of urea groups is 1. The van der Waals surface area contributed by atoms with Crippen LogP contribution in [0.2, 0.25) is 5.02 Å². The molecule has 0 aliphatic carbocycles. The summed E-state index contributed by atoms with van der Waals surface area (Å²) in [5, 5.41) is 0.251. The van der Waals surface area contributed by atoms with E-state index in [1.807, 2.05) is 4.90 Å². The Morgan fingerprint density at radius 2 is 1.80 bits per heavy atom. The van der Waals surface area contributed by atoms with Gasteiger partial charge in [0.2, 0.25) is 0 Å². The standard InChI is InChI=1S/C27H29ClF4N5O4/c1-26(2,3)14-37(41-24(39)27(30,31)32)20-9-10-21(33-22(20)34(4)25(37)40)35-12-17-7-6-16(35)13-36(17)23(38)18-11-15(28)5-8-19(18)29/h5,8-11,16-17H,6-7,12-14H2,1-4H3/q+2. The molecule has 41 heavy (non-hydrogen) atoms. The minimum atomic E-state index is -5.30. The monoisotopic (exact) mass is 598 g/mol. The number of benzene rings is 1. The van der Waals surface area contributed by atoms with E-state index in [1.54, 1.807) is 31.7 Å². The number of likely N-dealkylation sites (N-methyl/N-ethyl adjacent to an activating group) is 1. The fourth-order valence-electron chi connectivity index (χ4n) is 5.86. The molecule has 0 saturated carbocycles. The molecule has 9 nitrogen and oxygen atoms in total. The van der Waals surface area contributed by atoms with Gasteiger partial charge in [-0.3, -0.25) is 9.69 Å². The molecule has 3 unspecified atom stereocenters. The number of alkyl halides is 3. The summed E-state index contributed by atoms with van der Waals surface area (Å²) in [6, 6.07) is 2.54. The summed E-state index contributed by atoms with van der Waals surface area (Å²) in [4.78, 5) is 52.9. The highest BCUT2D eigenvalue weighted by atomic mass is 35.5. The highest BCUT2D eigenvalue weighted by Gasteiger charge is 2.67. The van der Waals surface area contributed by atoms with E-state index < -0.39 is 40.0 Å². The number of amides is 3. The topological polar surface area (TPSA) is 84.3 Å². The van der Waals surface area contributed by atoms with E-state index in [4.69, 9.17) is 16.4 Å². The van der Waals surface area contributed by atoms with E-state index in [0.29, 0.717) is 25.3 Å². The lowest BCUT2D eigenvalue weighted by Gasteiger charge is -2.49. The van der Waals surface area contributed by atoms with E-state index in [0.717, 1.165) is 17.4 Å². The molecule has 4 fully saturated rings. The van der Waals surface area contributed by atoms with Crippen LogP contribution in [0.25, 0.3) is 0 Å². The first-order chi connectivity index (χ1) is 19.0. The average Bonchev–Trinajstić information content (AvgIpc) is 3.09. The molecule has 5 heterocycles. The molecule has 2 bridgehead atoms. The maximum Gasteiger partial charge on any atom is 0.529 e. The molecule has 1 radical (unpaired) electrons. The lowest BCUT2D eigenvalue weighted by atomic mass is 9.90. The normalized spacial score (nSPS) is 26.0. The summed E-state index contributed by atoms with van der Waals surface area (Å²) in [6.45, 7) is 5.58. The predicted octanol–water partition coefficient (Wildman–Crippen LogP) is 4.19. The van der Waals surface area contributed by atoms with Crippen LogP contribution in [-0.2, 0) is 9.63 Å². The third-order valence-corrected chi connectivity index (χ3v) is 7.79. The average molecular weight is 599 g/mol. The van der Waals surface area contributed by atoms with Gasteiger partial charge in [0.05, 0.1) is 37.8 Å². The smallest absolute Gasteiger partial charge is 0.329 e. The van der Waals surface area contributed by atoms with Gasteiger partial charge in [-0.05, 0) is 31.0 Å². The van der Waals surface area contributed by atoms with E-state index >= 15 is 0 Å². The maximum absolute atomic E-state index is 14.4. The van der Waals surface area contributed by atoms with E-state index in [9.17, 15) is 31.9 Å². The van der Waals surface area contributed by atoms with E-state index in [1.165, 1.54) is 25.3 Å². The summed E-state index contributed by atoms with van der Waals surface area (Å²) in [7, 11) is 1.37. The molecule has 1 aromatic carbocycles. The van der Waals surface area contributed by atoms with Gasteiger partial charge in [0.25, 0.3) is 17.4 Å². The summed E-state index contributed by atoms with van der Waals surface area (Å²) >= 11 is 5.99. The minimum Gasteiger partial charge on any atom is -0.329 e. The summed E-state index contributed by atoms with van der Waals surface area (Å²) < 4.78 is 52.9. The second-order valence-electron chi connectivity index (χ2n) is 11.8. The zero-order valence-electron chi connectivity index (χ0n) is 22.8. The number of hydrogen-bond donors (Lipinski definition) is 0. The molecule has 0 spiro atoms. The number of amidine groups is 1. The quantitative estimate of drug-likeness (QED) is 0.383. The van der Waals surface area contributed by atoms with Crippen LogP contribution in [0, 0.1) is 11.2 Å². The molecule has 4 saturated heterocycles. The highest BCUT2D eigenvalue weighted by molar-refractivity contribution is 6.31. The number of piperidine rings is 2. The molecule has 1 aromatic rings. The van der Waals surface area contributed by atoms with Crippen LogP contribution in [0.4, 0.5) is 22.4 Å². The number of piperazine rings is 1. The number of fused-ring (bicyclic) bond motifs is 4. The van der Waals surface area contributed by atoms with Crippen LogP contribution >= 0.6 is 11.6 Å². The second-order valence-corrected chi connectivity index (χ2v) is 12.2. The molecule has 3 atom stereocenters. The van der Waals surface area contributed by atoms with Gasteiger partial charge in [-0.2, -0.15) is 22.9 Å². The van der Waals surface area contributed by atoms with Crippen LogP contribution in [-0.4, -0.2) is 88.0 Å². The third kappa shape index (κ3) is 5.09. The first-order valence-electron chi connectivity index (χ1n) is 13.0. The number of halogens is 5. The number of hydrogen-bond acceptors (Lipinski definition) is 6. The number of quaternary nitrogens is 1. The van der Waals surface area contributed by atoms with Crippen molar-refractivity contribution in [3.05, 3.63) is 58.3 Å². The first kappa shape index (κ1) is 29.1. The van der Waals surface area contributed by atoms with Crippen molar-refractivity contribution in [2.45, 2.75) is 51.9 Å². The molecule has 0 aromatic heterocycles. The van der Waals surface area contributed by atoms with E-state index in [2.05, 4.69) is 4.99 Å². The Hall–Kier alpha value is -3.45. The Kier molecular flexibility index (Phi) is 6.97. The minimum absolute atomic E-state index is 0.0178. The molecule has 14 heteroatoms. The summed E-state index contributed by atoms with van der Waals surface area (Å²) in [5.74, 6) is -3.06. The largest absolute Gasteiger partial charge is 0.529 e. The van der Waals surface area contributed by atoms with Crippen LogP contribution in [0.1, 0.15) is 44.0 Å². The van der Waals surface area contributed by atoms with Gasteiger partial charge in [0.15, 0.2) is 0 Å². The molecule has 0 N–H and O–H groups in total. The lowest BCUT2D eigenvalue weighted by Crippen LogP contribution is -2.64. The Bertz CT molecular complexity index is 1420. The Morgan fingerprint density at radius 3 is 2.41 bits per heavy atom. The fourth-order valence-corrected chi connectivity index (χ4v) is 6.04. The van der Waals surface area contributed by atoms with Crippen molar-refractivity contribution in [2.75, 3.05) is 26.7 Å². The summed E-state index contributed by atoms with van der Waals surface area (Å²) in [5.41, 5.74) is -0.800. The molecule has 6 rings (SSSR count). The van der Waals surface area contributed by atoms with Crippen LogP contribution in [0.5, 0.6) is 0 Å². The Morgan fingerprint density at radius 1 is 1.12 bits per heavy atom. The van der Waals surface area contributed by atoms with Gasteiger partial charge < -0.3 is 4.90 Å². The van der Waals surface area contributed by atoms with Crippen LogP contribution in [0.3, 0.4) is 0 Å². The number of aliphatic imine (C=N–C) groups is 1. The van der Waals surface area contributed by atoms with Gasteiger partial charge in [0.1, 0.15) is 12.4 Å². The number of carbonyl (C=O) groups is 3. The van der Waals surface area contributed by atoms with Gasteiger partial charge in [0, 0.05) is 27.2 Å². The number of carbonyl (C=O) groups excluding carboxylic acids is 3. The van der Waals surface area contributed by atoms with Crippen molar-refractivity contribution >= 4 is 35.3 Å².